The van der Waals surface area contributed by atoms with E-state index in [0.29, 0.717) is 0 Å². The van der Waals surface area contributed by atoms with Crippen LogP contribution in [0, 0.1) is 0 Å². The minimum atomic E-state index is 1.01. The summed E-state index contributed by atoms with van der Waals surface area (Å²) >= 11 is 4.13. The summed E-state index contributed by atoms with van der Waals surface area (Å²) in [4.78, 5) is 0. The van der Waals surface area contributed by atoms with Crippen LogP contribution in [0.1, 0.15) is 39.0 Å². The minimum Gasteiger partial charge on any atom is -0.179 e. The van der Waals surface area contributed by atoms with Crippen molar-refractivity contribution in [1.82, 2.24) is 0 Å². The highest BCUT2D eigenvalue weighted by Crippen LogP contribution is 1.98. The van der Waals surface area contributed by atoms with Gasteiger partial charge in [0.2, 0.25) is 0 Å². The van der Waals surface area contributed by atoms with Gasteiger partial charge in [0.05, 0.1) is 0 Å². The molecular weight excluding hydrogens is 140 g/mol. The van der Waals surface area contributed by atoms with Crippen molar-refractivity contribution in [1.29, 1.82) is 0 Å². The van der Waals surface area contributed by atoms with E-state index in [0.717, 1.165) is 5.75 Å². The van der Waals surface area contributed by atoms with Crippen LogP contribution in [-0.2, 0) is 0 Å². The maximum Gasteiger partial charge on any atom is -0.00950 e. The molecule has 0 spiro atoms. The zero-order valence-electron chi connectivity index (χ0n) is 6.84. The first-order valence-electron chi connectivity index (χ1n) is 4.17. The van der Waals surface area contributed by atoms with Crippen molar-refractivity contribution in [3.05, 3.63) is 12.2 Å². The Morgan fingerprint density at radius 1 is 1.10 bits per heavy atom. The highest BCUT2D eigenvalue weighted by Gasteiger charge is 1.79. The number of rotatable bonds is 6. The van der Waals surface area contributed by atoms with Crippen molar-refractivity contribution in [2.24, 2.45) is 0 Å². The summed E-state index contributed by atoms with van der Waals surface area (Å²) < 4.78 is 0. The molecule has 0 aromatic rings. The van der Waals surface area contributed by atoms with Gasteiger partial charge < -0.3 is 0 Å². The molecule has 0 saturated heterocycles. The van der Waals surface area contributed by atoms with Crippen molar-refractivity contribution < 1.29 is 0 Å². The topological polar surface area (TPSA) is 0 Å². The Balaban J connectivity index is 2.89. The van der Waals surface area contributed by atoms with Crippen LogP contribution in [0.3, 0.4) is 0 Å². The molecule has 0 aromatic heterocycles. The van der Waals surface area contributed by atoms with E-state index in [9.17, 15) is 0 Å². The first-order chi connectivity index (χ1) is 4.91. The van der Waals surface area contributed by atoms with E-state index in [1.807, 2.05) is 0 Å². The van der Waals surface area contributed by atoms with Gasteiger partial charge in [0, 0.05) is 0 Å². The van der Waals surface area contributed by atoms with Gasteiger partial charge in [-0.05, 0) is 25.0 Å². The SMILES string of the molecule is CCCC/C=C/CCCS. The summed E-state index contributed by atoms with van der Waals surface area (Å²) in [6.45, 7) is 2.22. The molecule has 0 saturated carbocycles. The third kappa shape index (κ3) is 8.09. The van der Waals surface area contributed by atoms with E-state index in [2.05, 4.69) is 31.7 Å². The highest BCUT2D eigenvalue weighted by molar-refractivity contribution is 7.80. The molecule has 1 heteroatoms. The van der Waals surface area contributed by atoms with Crippen LogP contribution in [0.5, 0.6) is 0 Å². The Kier molecular flexibility index (Phi) is 9.17. The van der Waals surface area contributed by atoms with Crippen molar-refractivity contribution in [3.8, 4) is 0 Å². The molecule has 0 amide bonds. The molecule has 0 unspecified atom stereocenters. The van der Waals surface area contributed by atoms with E-state index in [1.165, 1.54) is 32.1 Å². The van der Waals surface area contributed by atoms with Crippen molar-refractivity contribution in [2.75, 3.05) is 5.75 Å². The van der Waals surface area contributed by atoms with Gasteiger partial charge in [-0.15, -0.1) is 0 Å². The average molecular weight is 158 g/mol. The maximum atomic E-state index is 4.13. The van der Waals surface area contributed by atoms with E-state index >= 15 is 0 Å². The van der Waals surface area contributed by atoms with Crippen LogP contribution in [-0.4, -0.2) is 5.75 Å². The maximum absolute atomic E-state index is 4.13. The van der Waals surface area contributed by atoms with Crippen molar-refractivity contribution in [2.45, 2.75) is 39.0 Å². The zero-order valence-corrected chi connectivity index (χ0v) is 7.74. The molecule has 0 radical (unpaired) electrons. The van der Waals surface area contributed by atoms with Gasteiger partial charge in [-0.2, -0.15) is 12.6 Å². The third-order valence-electron chi connectivity index (χ3n) is 1.42. The Bertz CT molecular complexity index is 66.8. The van der Waals surface area contributed by atoms with Crippen molar-refractivity contribution >= 4 is 12.6 Å². The summed E-state index contributed by atoms with van der Waals surface area (Å²) in [5.41, 5.74) is 0. The lowest BCUT2D eigenvalue weighted by molar-refractivity contribution is 0.810. The highest BCUT2D eigenvalue weighted by atomic mass is 32.1. The average Bonchev–Trinajstić information content (AvgIpc) is 1.97. The number of hydrogen-bond donors (Lipinski definition) is 1. The van der Waals surface area contributed by atoms with Crippen molar-refractivity contribution in [3.63, 3.8) is 0 Å². The molecule has 0 aliphatic heterocycles. The fraction of sp³-hybridized carbons (Fsp3) is 0.778. The Morgan fingerprint density at radius 3 is 2.20 bits per heavy atom. The fourth-order valence-corrected chi connectivity index (χ4v) is 0.949. The molecule has 0 rings (SSSR count). The minimum absolute atomic E-state index is 1.01. The standard InChI is InChI=1S/C9H18S/c1-2-3-4-5-6-7-8-9-10/h5-6,10H,2-4,7-9H2,1H3/b6-5+. The quantitative estimate of drug-likeness (QED) is 0.342. The number of unbranched alkanes of at least 4 members (excludes halogenated alkanes) is 3. The Hall–Kier alpha value is 0.0900. The Morgan fingerprint density at radius 2 is 1.70 bits per heavy atom. The van der Waals surface area contributed by atoms with E-state index in [4.69, 9.17) is 0 Å². The molecule has 60 valence electrons. The molecule has 0 aliphatic carbocycles. The lowest BCUT2D eigenvalue weighted by Crippen LogP contribution is -1.71. The van der Waals surface area contributed by atoms with Crippen LogP contribution >= 0.6 is 12.6 Å². The van der Waals surface area contributed by atoms with Gasteiger partial charge in [0.25, 0.3) is 0 Å². The van der Waals surface area contributed by atoms with E-state index in [-0.39, 0.29) is 0 Å². The van der Waals surface area contributed by atoms with E-state index < -0.39 is 0 Å². The van der Waals surface area contributed by atoms with Crippen LogP contribution in [0.25, 0.3) is 0 Å². The molecule has 0 nitrogen and oxygen atoms in total. The molecule has 0 fully saturated rings. The van der Waals surface area contributed by atoms with Gasteiger partial charge >= 0.3 is 0 Å². The Labute approximate surface area is 70.1 Å². The molecule has 0 aromatic carbocycles. The number of thiol groups is 1. The van der Waals surface area contributed by atoms with Gasteiger partial charge in [-0.25, -0.2) is 0 Å². The summed E-state index contributed by atoms with van der Waals surface area (Å²) in [7, 11) is 0. The first kappa shape index (κ1) is 10.1. The molecule has 0 heterocycles. The van der Waals surface area contributed by atoms with Crippen LogP contribution in [0.15, 0.2) is 12.2 Å². The van der Waals surface area contributed by atoms with Gasteiger partial charge in [-0.3, -0.25) is 0 Å². The largest absolute Gasteiger partial charge is 0.179 e. The lowest BCUT2D eigenvalue weighted by Gasteiger charge is -1.89. The second-order valence-electron chi connectivity index (χ2n) is 2.48. The number of allylic oxidation sites excluding steroid dienone is 2. The zero-order chi connectivity index (χ0) is 7.66. The molecule has 0 bridgehead atoms. The first-order valence-corrected chi connectivity index (χ1v) is 4.81. The molecule has 0 aliphatic rings. The van der Waals surface area contributed by atoms with Crippen LogP contribution in [0.4, 0.5) is 0 Å². The summed E-state index contributed by atoms with van der Waals surface area (Å²) in [5, 5.41) is 0. The second kappa shape index (κ2) is 9.09. The monoisotopic (exact) mass is 158 g/mol. The number of hydrogen-bond acceptors (Lipinski definition) is 1. The van der Waals surface area contributed by atoms with Crippen LogP contribution in [0.2, 0.25) is 0 Å². The fourth-order valence-electron chi connectivity index (χ4n) is 0.767. The predicted molar refractivity (Wildman–Crippen MR) is 51.8 cm³/mol. The summed E-state index contributed by atoms with van der Waals surface area (Å²) in [6.07, 6.45) is 10.9. The normalized spacial score (nSPS) is 11.0. The lowest BCUT2D eigenvalue weighted by atomic mass is 10.2. The smallest absolute Gasteiger partial charge is 0.00950 e. The molecule has 0 N–H and O–H groups in total. The predicted octanol–water partition coefficient (Wildman–Crippen LogP) is 3.44. The summed E-state index contributed by atoms with van der Waals surface area (Å²) in [5.74, 6) is 1.01. The van der Waals surface area contributed by atoms with Crippen LogP contribution < -0.4 is 0 Å². The van der Waals surface area contributed by atoms with E-state index in [1.54, 1.807) is 0 Å². The molecule has 10 heavy (non-hydrogen) atoms. The van der Waals surface area contributed by atoms with Gasteiger partial charge in [-0.1, -0.05) is 31.9 Å². The van der Waals surface area contributed by atoms with Gasteiger partial charge in [0.15, 0.2) is 0 Å². The third-order valence-corrected chi connectivity index (χ3v) is 1.74. The van der Waals surface area contributed by atoms with Gasteiger partial charge in [0.1, 0.15) is 0 Å². The summed E-state index contributed by atoms with van der Waals surface area (Å²) in [6, 6.07) is 0. The molecular formula is C9H18S. The second-order valence-corrected chi connectivity index (χ2v) is 2.93. The molecule has 0 atom stereocenters.